The van der Waals surface area contributed by atoms with Crippen LogP contribution in [0.4, 0.5) is 11.4 Å². The first-order chi connectivity index (χ1) is 10.7. The van der Waals surface area contributed by atoms with E-state index in [9.17, 15) is 0 Å². The zero-order valence-electron chi connectivity index (χ0n) is 15.4. The molecule has 0 saturated heterocycles. The van der Waals surface area contributed by atoms with E-state index in [1.807, 2.05) is 0 Å². The van der Waals surface area contributed by atoms with Crippen LogP contribution in [0, 0.1) is 13.8 Å². The summed E-state index contributed by atoms with van der Waals surface area (Å²) in [5.41, 5.74) is 21.6. The molecular formula is C21H30N2. The maximum atomic E-state index is 6.31. The van der Waals surface area contributed by atoms with Gasteiger partial charge in [0.25, 0.3) is 0 Å². The molecule has 0 saturated carbocycles. The van der Waals surface area contributed by atoms with Crippen molar-refractivity contribution < 1.29 is 0 Å². The molecule has 0 fully saturated rings. The van der Waals surface area contributed by atoms with Crippen molar-refractivity contribution in [3.05, 3.63) is 57.6 Å². The summed E-state index contributed by atoms with van der Waals surface area (Å²) >= 11 is 0. The fraction of sp³-hybridized carbons (Fsp3) is 0.429. The number of anilines is 2. The molecule has 0 amide bonds. The van der Waals surface area contributed by atoms with Gasteiger partial charge in [-0.15, -0.1) is 0 Å². The van der Waals surface area contributed by atoms with Gasteiger partial charge in [-0.1, -0.05) is 52.0 Å². The lowest BCUT2D eigenvalue weighted by Crippen LogP contribution is -2.21. The molecule has 4 N–H and O–H groups in total. The third-order valence-electron chi connectivity index (χ3n) is 5.15. The molecule has 0 aliphatic carbocycles. The lowest BCUT2D eigenvalue weighted by Gasteiger charge is -2.29. The van der Waals surface area contributed by atoms with Gasteiger partial charge >= 0.3 is 0 Å². The first-order valence-electron chi connectivity index (χ1n) is 8.51. The van der Waals surface area contributed by atoms with Crippen LogP contribution in [0.25, 0.3) is 0 Å². The first-order valence-corrected chi connectivity index (χ1v) is 8.51. The van der Waals surface area contributed by atoms with Gasteiger partial charge in [-0.25, -0.2) is 0 Å². The van der Waals surface area contributed by atoms with E-state index in [2.05, 4.69) is 65.8 Å². The Morgan fingerprint density at radius 3 is 1.52 bits per heavy atom. The largest absolute Gasteiger partial charge is 0.398 e. The zero-order chi connectivity index (χ0) is 17.4. The highest BCUT2D eigenvalue weighted by atomic mass is 14.6. The molecule has 2 nitrogen and oxygen atoms in total. The van der Waals surface area contributed by atoms with Crippen molar-refractivity contribution in [2.24, 2.45) is 0 Å². The SMILES string of the molecule is CCc1cc(C(C)(C)c2cc(C)c(N)c(C)c2)cc(CC)c1N. The molecule has 0 aliphatic rings. The van der Waals surface area contributed by atoms with E-state index < -0.39 is 0 Å². The second-order valence-electron chi connectivity index (χ2n) is 7.06. The smallest absolute Gasteiger partial charge is 0.0379 e. The Morgan fingerprint density at radius 1 is 0.739 bits per heavy atom. The minimum absolute atomic E-state index is 0.0786. The molecule has 0 atom stereocenters. The molecule has 0 aliphatic heterocycles. The van der Waals surface area contributed by atoms with Crippen molar-refractivity contribution >= 4 is 11.4 Å². The maximum Gasteiger partial charge on any atom is 0.0379 e. The number of aryl methyl sites for hydroxylation is 4. The highest BCUT2D eigenvalue weighted by molar-refractivity contribution is 5.60. The number of nitrogen functional groups attached to an aromatic ring is 2. The molecule has 0 bridgehead atoms. The monoisotopic (exact) mass is 310 g/mol. The fourth-order valence-electron chi connectivity index (χ4n) is 3.23. The highest BCUT2D eigenvalue weighted by Gasteiger charge is 2.25. The van der Waals surface area contributed by atoms with Gasteiger partial charge in [0.1, 0.15) is 0 Å². The van der Waals surface area contributed by atoms with Crippen LogP contribution in [-0.2, 0) is 18.3 Å². The van der Waals surface area contributed by atoms with Crippen LogP contribution < -0.4 is 11.5 Å². The van der Waals surface area contributed by atoms with Crippen molar-refractivity contribution in [1.82, 2.24) is 0 Å². The average molecular weight is 310 g/mol. The minimum atomic E-state index is -0.0786. The summed E-state index contributed by atoms with van der Waals surface area (Å²) < 4.78 is 0. The van der Waals surface area contributed by atoms with Gasteiger partial charge in [-0.05, 0) is 60.1 Å². The standard InChI is InChI=1S/C21H30N2/c1-7-15-11-18(12-16(8-2)20(15)23)21(5,6)17-9-13(3)19(22)14(4)10-17/h9-12H,7-8,22-23H2,1-6H3. The molecule has 2 aromatic carbocycles. The number of nitrogens with two attached hydrogens (primary N) is 2. The molecule has 0 unspecified atom stereocenters. The van der Waals surface area contributed by atoms with Crippen LogP contribution in [0.5, 0.6) is 0 Å². The molecule has 0 radical (unpaired) electrons. The summed E-state index contributed by atoms with van der Waals surface area (Å²) in [4.78, 5) is 0. The summed E-state index contributed by atoms with van der Waals surface area (Å²) in [5.74, 6) is 0. The minimum Gasteiger partial charge on any atom is -0.398 e. The zero-order valence-corrected chi connectivity index (χ0v) is 15.4. The summed E-state index contributed by atoms with van der Waals surface area (Å²) in [6.07, 6.45) is 1.92. The molecule has 2 aromatic rings. The Kier molecular flexibility index (Phi) is 4.74. The van der Waals surface area contributed by atoms with Crippen LogP contribution in [0.1, 0.15) is 61.1 Å². The lowest BCUT2D eigenvalue weighted by atomic mass is 9.75. The molecule has 0 spiro atoms. The summed E-state index contributed by atoms with van der Waals surface area (Å²) in [6.45, 7) is 13.1. The summed E-state index contributed by atoms with van der Waals surface area (Å²) in [6, 6.07) is 8.98. The Bertz CT molecular complexity index is 679. The van der Waals surface area contributed by atoms with Crippen LogP contribution >= 0.6 is 0 Å². The number of rotatable bonds is 4. The number of benzene rings is 2. The summed E-state index contributed by atoms with van der Waals surface area (Å²) in [7, 11) is 0. The molecular weight excluding hydrogens is 280 g/mol. The summed E-state index contributed by atoms with van der Waals surface area (Å²) in [5, 5.41) is 0. The van der Waals surface area contributed by atoms with Crippen LogP contribution in [-0.4, -0.2) is 0 Å². The van der Waals surface area contributed by atoms with E-state index in [1.54, 1.807) is 0 Å². The van der Waals surface area contributed by atoms with Gasteiger partial charge in [-0.2, -0.15) is 0 Å². The van der Waals surface area contributed by atoms with E-state index in [4.69, 9.17) is 11.5 Å². The van der Waals surface area contributed by atoms with Crippen LogP contribution in [0.15, 0.2) is 24.3 Å². The van der Waals surface area contributed by atoms with E-state index >= 15 is 0 Å². The molecule has 23 heavy (non-hydrogen) atoms. The van der Waals surface area contributed by atoms with Gasteiger partial charge < -0.3 is 11.5 Å². The Labute approximate surface area is 140 Å². The third-order valence-corrected chi connectivity index (χ3v) is 5.15. The van der Waals surface area contributed by atoms with Crippen molar-refractivity contribution in [3.8, 4) is 0 Å². The van der Waals surface area contributed by atoms with E-state index in [0.29, 0.717) is 0 Å². The fourth-order valence-corrected chi connectivity index (χ4v) is 3.23. The van der Waals surface area contributed by atoms with Gasteiger partial charge in [0.05, 0.1) is 0 Å². The second-order valence-corrected chi connectivity index (χ2v) is 7.06. The molecule has 2 heteroatoms. The van der Waals surface area contributed by atoms with Crippen LogP contribution in [0.3, 0.4) is 0 Å². The first kappa shape index (κ1) is 17.4. The molecule has 0 heterocycles. The lowest BCUT2D eigenvalue weighted by molar-refractivity contribution is 0.637. The van der Waals surface area contributed by atoms with Crippen molar-refractivity contribution in [3.63, 3.8) is 0 Å². The quantitative estimate of drug-likeness (QED) is 0.788. The molecule has 0 aromatic heterocycles. The predicted molar refractivity (Wildman–Crippen MR) is 102 cm³/mol. The second kappa shape index (κ2) is 6.27. The Hall–Kier alpha value is -1.96. The predicted octanol–water partition coefficient (Wildman–Crippen LogP) is 4.92. The van der Waals surface area contributed by atoms with Crippen molar-refractivity contribution in [2.75, 3.05) is 11.5 Å². The van der Waals surface area contributed by atoms with Gasteiger partial charge in [0, 0.05) is 16.8 Å². The molecule has 124 valence electrons. The highest BCUT2D eigenvalue weighted by Crippen LogP contribution is 2.37. The van der Waals surface area contributed by atoms with E-state index in [-0.39, 0.29) is 5.41 Å². The van der Waals surface area contributed by atoms with Crippen molar-refractivity contribution in [1.29, 1.82) is 0 Å². The van der Waals surface area contributed by atoms with E-state index in [1.165, 1.54) is 22.3 Å². The van der Waals surface area contributed by atoms with Gasteiger partial charge in [0.15, 0.2) is 0 Å². The Morgan fingerprint density at radius 2 is 1.13 bits per heavy atom. The van der Waals surface area contributed by atoms with E-state index in [0.717, 1.165) is 35.3 Å². The maximum absolute atomic E-state index is 6.31. The normalized spacial score (nSPS) is 11.7. The number of hydrogen-bond acceptors (Lipinski definition) is 2. The van der Waals surface area contributed by atoms with Gasteiger partial charge in [-0.3, -0.25) is 0 Å². The Balaban J connectivity index is 2.64. The van der Waals surface area contributed by atoms with Crippen molar-refractivity contribution in [2.45, 2.75) is 59.8 Å². The van der Waals surface area contributed by atoms with Gasteiger partial charge in [0.2, 0.25) is 0 Å². The average Bonchev–Trinajstić information content (AvgIpc) is 2.52. The number of hydrogen-bond donors (Lipinski definition) is 2. The third kappa shape index (κ3) is 3.08. The topological polar surface area (TPSA) is 52.0 Å². The van der Waals surface area contributed by atoms with Crippen LogP contribution in [0.2, 0.25) is 0 Å². The molecule has 2 rings (SSSR count).